The molecule has 2 aromatic rings. The van der Waals surface area contributed by atoms with Crippen LogP contribution < -0.4 is 5.32 Å². The monoisotopic (exact) mass is 345 g/mol. The summed E-state index contributed by atoms with van der Waals surface area (Å²) in [5.41, 5.74) is 1.66. The number of hydrogen-bond donors (Lipinski definition) is 1. The minimum atomic E-state index is 0.0290. The molecule has 1 aromatic heterocycles. The van der Waals surface area contributed by atoms with E-state index in [9.17, 15) is 4.79 Å². The molecule has 0 saturated carbocycles. The highest BCUT2D eigenvalue weighted by Gasteiger charge is 2.39. The van der Waals surface area contributed by atoms with Gasteiger partial charge in [-0.3, -0.25) is 9.36 Å². The molecule has 0 unspecified atom stereocenters. The van der Waals surface area contributed by atoms with Gasteiger partial charge >= 0.3 is 0 Å². The smallest absolute Gasteiger partial charge is 0.255 e. The lowest BCUT2D eigenvalue weighted by Gasteiger charge is -2.40. The van der Waals surface area contributed by atoms with Crippen molar-refractivity contribution in [2.24, 2.45) is 5.41 Å². The molecule has 24 heavy (non-hydrogen) atoms. The molecule has 1 amide bonds. The summed E-state index contributed by atoms with van der Waals surface area (Å²) in [7, 11) is 0. The molecule has 1 spiro atoms. The summed E-state index contributed by atoms with van der Waals surface area (Å²) in [6, 6.07) is 5.46. The summed E-state index contributed by atoms with van der Waals surface area (Å²) >= 11 is 6.40. The van der Waals surface area contributed by atoms with Crippen LogP contribution in [0.25, 0.3) is 5.69 Å². The van der Waals surface area contributed by atoms with Crippen molar-refractivity contribution >= 4 is 17.5 Å². The maximum atomic E-state index is 12.9. The van der Waals surface area contributed by atoms with Crippen molar-refractivity contribution in [2.75, 3.05) is 26.2 Å². The third kappa shape index (κ3) is 2.80. The standard InChI is InChI=1S/C17H20ClN5O/c18-15-8-13(23-11-20-21-12-23)2-3-14(15)16(24)22-7-1-4-17(10-22)5-6-19-9-17/h2-3,8,11-12,19H,1,4-7,9-10H2/t17-/m0/s1. The molecule has 0 aliphatic carbocycles. The molecule has 2 fully saturated rings. The molecule has 0 bridgehead atoms. The van der Waals surface area contributed by atoms with Gasteiger partial charge in [0.25, 0.3) is 5.91 Å². The fourth-order valence-electron chi connectivity index (χ4n) is 3.87. The van der Waals surface area contributed by atoms with Gasteiger partial charge in [0.05, 0.1) is 10.6 Å². The van der Waals surface area contributed by atoms with Gasteiger partial charge in [0, 0.05) is 30.7 Å². The fraction of sp³-hybridized carbons (Fsp3) is 0.471. The van der Waals surface area contributed by atoms with E-state index in [-0.39, 0.29) is 11.3 Å². The van der Waals surface area contributed by atoms with Crippen LogP contribution in [0.2, 0.25) is 5.02 Å². The molecule has 1 atom stereocenters. The number of halogens is 1. The first-order valence-corrected chi connectivity index (χ1v) is 8.69. The molecular weight excluding hydrogens is 326 g/mol. The van der Waals surface area contributed by atoms with Crippen molar-refractivity contribution in [3.63, 3.8) is 0 Å². The van der Waals surface area contributed by atoms with Gasteiger partial charge in [-0.1, -0.05) is 11.6 Å². The molecule has 1 N–H and O–H groups in total. The molecule has 2 saturated heterocycles. The minimum absolute atomic E-state index is 0.0290. The normalized spacial score (nSPS) is 23.8. The van der Waals surface area contributed by atoms with Crippen LogP contribution in [0.3, 0.4) is 0 Å². The highest BCUT2D eigenvalue weighted by atomic mass is 35.5. The molecule has 6 nitrogen and oxygen atoms in total. The predicted octanol–water partition coefficient (Wildman–Crippen LogP) is 2.14. The summed E-state index contributed by atoms with van der Waals surface area (Å²) in [6.07, 6.45) is 6.62. The van der Waals surface area contributed by atoms with Gasteiger partial charge in [-0.2, -0.15) is 0 Å². The molecule has 2 aliphatic heterocycles. The predicted molar refractivity (Wildman–Crippen MR) is 91.4 cm³/mol. The van der Waals surface area contributed by atoms with Crippen molar-refractivity contribution < 1.29 is 4.79 Å². The first-order valence-electron chi connectivity index (χ1n) is 8.31. The van der Waals surface area contributed by atoms with E-state index in [2.05, 4.69) is 15.5 Å². The van der Waals surface area contributed by atoms with Crippen LogP contribution in [-0.2, 0) is 0 Å². The van der Waals surface area contributed by atoms with Gasteiger partial charge in [0.15, 0.2) is 0 Å². The maximum absolute atomic E-state index is 12.9. The Morgan fingerprint density at radius 3 is 2.79 bits per heavy atom. The number of nitrogens with zero attached hydrogens (tertiary/aromatic N) is 4. The van der Waals surface area contributed by atoms with Gasteiger partial charge in [0.1, 0.15) is 12.7 Å². The highest BCUT2D eigenvalue weighted by molar-refractivity contribution is 6.34. The van der Waals surface area contributed by atoms with E-state index in [4.69, 9.17) is 11.6 Å². The number of hydrogen-bond acceptors (Lipinski definition) is 4. The first kappa shape index (κ1) is 15.6. The summed E-state index contributed by atoms with van der Waals surface area (Å²) in [4.78, 5) is 14.9. The number of aromatic nitrogens is 3. The topological polar surface area (TPSA) is 63.1 Å². The van der Waals surface area contributed by atoms with Crippen molar-refractivity contribution in [3.05, 3.63) is 41.4 Å². The lowest BCUT2D eigenvalue weighted by atomic mass is 9.79. The third-order valence-electron chi connectivity index (χ3n) is 5.18. The van der Waals surface area contributed by atoms with Gasteiger partial charge in [-0.05, 0) is 44.0 Å². The molecular formula is C17H20ClN5O. The average Bonchev–Trinajstić information content (AvgIpc) is 3.27. The Bertz CT molecular complexity index is 739. The number of carbonyl (C=O) groups is 1. The van der Waals surface area contributed by atoms with Gasteiger partial charge in [0.2, 0.25) is 0 Å². The minimum Gasteiger partial charge on any atom is -0.338 e. The molecule has 3 heterocycles. The summed E-state index contributed by atoms with van der Waals surface area (Å²) < 4.78 is 1.76. The van der Waals surface area contributed by atoms with E-state index >= 15 is 0 Å². The van der Waals surface area contributed by atoms with Gasteiger partial charge in [-0.15, -0.1) is 10.2 Å². The van der Waals surface area contributed by atoms with Crippen LogP contribution in [0.5, 0.6) is 0 Å². The Hall–Kier alpha value is -1.92. The van der Waals surface area contributed by atoms with Gasteiger partial charge in [-0.25, -0.2) is 0 Å². The zero-order valence-electron chi connectivity index (χ0n) is 13.4. The molecule has 1 aromatic carbocycles. The molecule has 2 aliphatic rings. The number of rotatable bonds is 2. The van der Waals surface area contributed by atoms with Crippen LogP contribution in [0.1, 0.15) is 29.6 Å². The zero-order valence-corrected chi connectivity index (χ0v) is 14.2. The second-order valence-corrected chi connectivity index (χ2v) is 7.20. The number of carbonyl (C=O) groups excluding carboxylic acids is 1. The number of piperidine rings is 1. The van der Waals surface area contributed by atoms with Crippen LogP contribution in [0, 0.1) is 5.41 Å². The summed E-state index contributed by atoms with van der Waals surface area (Å²) in [5, 5.41) is 11.5. The zero-order chi connectivity index (χ0) is 16.6. The number of nitrogens with one attached hydrogen (secondary N) is 1. The van der Waals surface area contributed by atoms with Crippen LogP contribution in [-0.4, -0.2) is 51.8 Å². The quantitative estimate of drug-likeness (QED) is 0.905. The van der Waals surface area contributed by atoms with E-state index in [1.165, 1.54) is 6.42 Å². The second kappa shape index (κ2) is 6.18. The molecule has 4 rings (SSSR count). The molecule has 7 heteroatoms. The number of benzene rings is 1. The van der Waals surface area contributed by atoms with Crippen LogP contribution >= 0.6 is 11.6 Å². The van der Waals surface area contributed by atoms with E-state index < -0.39 is 0 Å². The fourth-order valence-corrected chi connectivity index (χ4v) is 4.12. The molecule has 126 valence electrons. The van der Waals surface area contributed by atoms with E-state index in [0.717, 1.165) is 44.7 Å². The Balaban J connectivity index is 1.56. The van der Waals surface area contributed by atoms with Gasteiger partial charge < -0.3 is 10.2 Å². The van der Waals surface area contributed by atoms with Crippen LogP contribution in [0.4, 0.5) is 0 Å². The van der Waals surface area contributed by atoms with Crippen LogP contribution in [0.15, 0.2) is 30.9 Å². The second-order valence-electron chi connectivity index (χ2n) is 6.79. The van der Waals surface area contributed by atoms with Crippen molar-refractivity contribution in [1.82, 2.24) is 25.0 Å². The largest absolute Gasteiger partial charge is 0.338 e. The SMILES string of the molecule is O=C(c1ccc(-n2cnnc2)cc1Cl)N1CCC[C@@]2(CCNC2)C1. The number of likely N-dealkylation sites (tertiary alicyclic amines) is 1. The average molecular weight is 346 g/mol. The molecule has 0 radical (unpaired) electrons. The lowest BCUT2D eigenvalue weighted by molar-refractivity contribution is 0.0553. The Morgan fingerprint density at radius 2 is 2.08 bits per heavy atom. The number of amides is 1. The maximum Gasteiger partial charge on any atom is 0.255 e. The lowest BCUT2D eigenvalue weighted by Crippen LogP contribution is -2.47. The Morgan fingerprint density at radius 1 is 1.25 bits per heavy atom. The van der Waals surface area contributed by atoms with Crippen molar-refractivity contribution in [1.29, 1.82) is 0 Å². The Kier molecular flexibility index (Phi) is 4.02. The summed E-state index contributed by atoms with van der Waals surface area (Å²) in [6.45, 7) is 3.69. The van der Waals surface area contributed by atoms with Crippen molar-refractivity contribution in [3.8, 4) is 5.69 Å². The van der Waals surface area contributed by atoms with E-state index in [1.54, 1.807) is 29.4 Å². The van der Waals surface area contributed by atoms with E-state index in [0.29, 0.717) is 10.6 Å². The summed E-state index contributed by atoms with van der Waals surface area (Å²) in [5.74, 6) is 0.0290. The third-order valence-corrected chi connectivity index (χ3v) is 5.49. The van der Waals surface area contributed by atoms with Crippen molar-refractivity contribution in [2.45, 2.75) is 19.3 Å². The Labute approximate surface area is 145 Å². The first-order chi connectivity index (χ1) is 11.7. The highest BCUT2D eigenvalue weighted by Crippen LogP contribution is 2.36. The van der Waals surface area contributed by atoms with E-state index in [1.807, 2.05) is 11.0 Å².